The summed E-state index contributed by atoms with van der Waals surface area (Å²) < 4.78 is 10.3. The number of oxime groups is 1. The molecule has 0 fully saturated rings. The van der Waals surface area contributed by atoms with Crippen LogP contribution in [0.1, 0.15) is 46.9 Å². The first-order valence-electron chi connectivity index (χ1n) is 10.9. The molecule has 0 amide bonds. The fraction of sp³-hybridized carbons (Fsp3) is 0.269. The van der Waals surface area contributed by atoms with Crippen molar-refractivity contribution in [3.05, 3.63) is 83.5 Å². The molecular weight excluding hydrogens is 438 g/mol. The second kappa shape index (κ2) is 12.2. The summed E-state index contributed by atoms with van der Waals surface area (Å²) in [6.45, 7) is -0.379. The molecule has 0 saturated heterocycles. The lowest BCUT2D eigenvalue weighted by Crippen LogP contribution is -2.15. The fourth-order valence-electron chi connectivity index (χ4n) is 3.45. The van der Waals surface area contributed by atoms with Gasteiger partial charge >= 0.3 is 11.9 Å². The van der Waals surface area contributed by atoms with E-state index in [9.17, 15) is 19.8 Å². The number of benzene rings is 2. The van der Waals surface area contributed by atoms with Crippen LogP contribution < -0.4 is 0 Å². The van der Waals surface area contributed by atoms with Crippen molar-refractivity contribution >= 4 is 17.7 Å². The van der Waals surface area contributed by atoms with Gasteiger partial charge in [-0.3, -0.25) is 0 Å². The minimum Gasteiger partial charge on any atom is -0.508 e. The minimum absolute atomic E-state index is 0.0376. The number of esters is 2. The highest BCUT2D eigenvalue weighted by molar-refractivity contribution is 6.00. The van der Waals surface area contributed by atoms with Crippen LogP contribution in [0.25, 0.3) is 0 Å². The van der Waals surface area contributed by atoms with Crippen molar-refractivity contribution in [3.8, 4) is 11.5 Å². The van der Waals surface area contributed by atoms with E-state index < -0.39 is 23.8 Å². The first-order chi connectivity index (χ1) is 16.5. The third kappa shape index (κ3) is 6.96. The monoisotopic (exact) mass is 465 g/mol. The maximum absolute atomic E-state index is 13.2. The summed E-state index contributed by atoms with van der Waals surface area (Å²) in [7, 11) is 1.24. The third-order valence-electron chi connectivity index (χ3n) is 5.10. The largest absolute Gasteiger partial charge is 0.508 e. The van der Waals surface area contributed by atoms with E-state index in [1.54, 1.807) is 6.08 Å². The van der Waals surface area contributed by atoms with Gasteiger partial charge < -0.3 is 24.5 Å². The average molecular weight is 466 g/mol. The van der Waals surface area contributed by atoms with Crippen molar-refractivity contribution in [3.63, 3.8) is 0 Å². The lowest BCUT2D eigenvalue weighted by atomic mass is 9.99. The molecule has 1 aliphatic heterocycles. The summed E-state index contributed by atoms with van der Waals surface area (Å²) in [5.74, 6) is -1.95. The molecule has 1 aliphatic rings. The summed E-state index contributed by atoms with van der Waals surface area (Å²) in [4.78, 5) is 29.6. The van der Waals surface area contributed by atoms with E-state index in [4.69, 9.17) is 9.57 Å². The molecule has 8 heteroatoms. The van der Waals surface area contributed by atoms with Crippen LogP contribution in [-0.2, 0) is 25.5 Å². The van der Waals surface area contributed by atoms with E-state index in [0.29, 0.717) is 17.7 Å². The second-order valence-electron chi connectivity index (χ2n) is 7.60. The Balaban J connectivity index is 1.98. The van der Waals surface area contributed by atoms with Gasteiger partial charge in [0.05, 0.1) is 12.8 Å². The average Bonchev–Trinajstić information content (AvgIpc) is 2.82. The van der Waals surface area contributed by atoms with Gasteiger partial charge in [-0.1, -0.05) is 53.7 Å². The molecule has 0 bridgehead atoms. The standard InChI is InChI=1S/C26H27NO7/c1-32-24(30)17-33-27-20-12-8-3-2-4-9-13-23(18-10-6-5-7-11-18)34-26(31)25-19(14-20)15-21(28)16-22(25)29/h4-12,15-16,23,28-29H,2-3,13-14,17H2,1H3/b9-4+,12-8+,27-20+/t23-/m0/s1. The van der Waals surface area contributed by atoms with Crippen molar-refractivity contribution in [2.75, 3.05) is 13.7 Å². The van der Waals surface area contributed by atoms with Crippen molar-refractivity contribution < 1.29 is 34.1 Å². The van der Waals surface area contributed by atoms with Crippen LogP contribution in [0.3, 0.4) is 0 Å². The van der Waals surface area contributed by atoms with Crippen molar-refractivity contribution in [1.29, 1.82) is 0 Å². The SMILES string of the molecule is COC(=O)CO/N=C1\C=C\CC/C=C/C[C@@H](c2ccccc2)OC(=O)c2c(O)cc(O)cc2C1. The van der Waals surface area contributed by atoms with Gasteiger partial charge in [-0.2, -0.15) is 0 Å². The van der Waals surface area contributed by atoms with Crippen molar-refractivity contribution in [1.82, 2.24) is 0 Å². The number of nitrogens with zero attached hydrogens (tertiary/aromatic N) is 1. The number of ether oxygens (including phenoxy) is 2. The Morgan fingerprint density at radius 2 is 1.88 bits per heavy atom. The number of fused-ring (bicyclic) bond motifs is 1. The van der Waals surface area contributed by atoms with Crippen LogP contribution in [0.4, 0.5) is 0 Å². The maximum atomic E-state index is 13.2. The molecule has 3 rings (SSSR count). The molecule has 0 aliphatic carbocycles. The van der Waals surface area contributed by atoms with E-state index in [1.165, 1.54) is 13.2 Å². The summed E-state index contributed by atoms with van der Waals surface area (Å²) in [5.41, 5.74) is 1.43. The molecule has 0 aromatic heterocycles. The fourth-order valence-corrected chi connectivity index (χ4v) is 3.45. The molecule has 178 valence electrons. The number of rotatable bonds is 4. The van der Waals surface area contributed by atoms with E-state index in [2.05, 4.69) is 9.89 Å². The number of phenols is 2. The van der Waals surface area contributed by atoms with Gasteiger partial charge in [0.25, 0.3) is 0 Å². The Labute approximate surface area is 197 Å². The summed E-state index contributed by atoms with van der Waals surface area (Å²) in [6.07, 6.45) is 9.01. The highest BCUT2D eigenvalue weighted by atomic mass is 16.6. The second-order valence-corrected chi connectivity index (χ2v) is 7.60. The Morgan fingerprint density at radius 1 is 1.12 bits per heavy atom. The number of hydrogen-bond donors (Lipinski definition) is 2. The molecule has 1 atom stereocenters. The number of carbonyl (C=O) groups is 2. The van der Waals surface area contributed by atoms with Crippen molar-refractivity contribution in [2.45, 2.75) is 31.8 Å². The maximum Gasteiger partial charge on any atom is 0.346 e. The molecule has 2 N–H and O–H groups in total. The van der Waals surface area contributed by atoms with Crippen LogP contribution in [0.2, 0.25) is 0 Å². The summed E-state index contributed by atoms with van der Waals surface area (Å²) >= 11 is 0. The first kappa shape index (κ1) is 24.6. The lowest BCUT2D eigenvalue weighted by Gasteiger charge is -2.19. The van der Waals surface area contributed by atoms with Crippen LogP contribution >= 0.6 is 0 Å². The molecular formula is C26H27NO7. The molecule has 1 heterocycles. The first-order valence-corrected chi connectivity index (χ1v) is 10.9. The van der Waals surface area contributed by atoms with E-state index in [1.807, 2.05) is 48.6 Å². The molecule has 0 unspecified atom stereocenters. The number of allylic oxidation sites excluding steroid dienone is 3. The Hall–Kier alpha value is -4.07. The number of phenolic OH excluding ortho intramolecular Hbond substituents is 2. The van der Waals surface area contributed by atoms with Crippen molar-refractivity contribution in [2.24, 2.45) is 5.16 Å². The Bertz CT molecular complexity index is 1090. The third-order valence-corrected chi connectivity index (χ3v) is 5.10. The number of cyclic esters (lactones) is 1. The van der Waals surface area contributed by atoms with Crippen LogP contribution in [0.15, 0.2) is 71.9 Å². The molecule has 8 nitrogen and oxygen atoms in total. The van der Waals surface area contributed by atoms with Gasteiger partial charge in [-0.15, -0.1) is 0 Å². The van der Waals surface area contributed by atoms with Gasteiger partial charge in [0.1, 0.15) is 23.2 Å². The van der Waals surface area contributed by atoms with Gasteiger partial charge in [0.15, 0.2) is 0 Å². The highest BCUT2D eigenvalue weighted by Gasteiger charge is 2.24. The van der Waals surface area contributed by atoms with Gasteiger partial charge in [-0.05, 0) is 36.1 Å². The molecule has 34 heavy (non-hydrogen) atoms. The van der Waals surface area contributed by atoms with E-state index in [0.717, 1.165) is 24.5 Å². The summed E-state index contributed by atoms with van der Waals surface area (Å²) in [6, 6.07) is 11.8. The molecule has 0 spiro atoms. The highest BCUT2D eigenvalue weighted by Crippen LogP contribution is 2.31. The topological polar surface area (TPSA) is 115 Å². The zero-order chi connectivity index (χ0) is 24.3. The molecule has 2 aromatic carbocycles. The smallest absolute Gasteiger partial charge is 0.346 e. The number of methoxy groups -OCH3 is 1. The number of carbonyl (C=O) groups excluding carboxylic acids is 2. The van der Waals surface area contributed by atoms with Crippen LogP contribution in [-0.4, -0.2) is 41.6 Å². The Morgan fingerprint density at radius 3 is 2.65 bits per heavy atom. The zero-order valence-corrected chi connectivity index (χ0v) is 18.8. The predicted molar refractivity (Wildman–Crippen MR) is 126 cm³/mol. The van der Waals surface area contributed by atoms with Gasteiger partial charge in [0, 0.05) is 18.9 Å². The number of hydrogen-bond acceptors (Lipinski definition) is 8. The minimum atomic E-state index is -0.731. The quantitative estimate of drug-likeness (QED) is 0.391. The van der Waals surface area contributed by atoms with Gasteiger partial charge in [-0.25, -0.2) is 9.59 Å². The van der Waals surface area contributed by atoms with E-state index >= 15 is 0 Å². The summed E-state index contributed by atoms with van der Waals surface area (Å²) in [5, 5.41) is 24.5. The molecule has 0 radical (unpaired) electrons. The molecule has 2 aromatic rings. The lowest BCUT2D eigenvalue weighted by molar-refractivity contribution is -0.145. The van der Waals surface area contributed by atoms with Crippen LogP contribution in [0, 0.1) is 0 Å². The predicted octanol–water partition coefficient (Wildman–Crippen LogP) is 4.38. The normalized spacial score (nSPS) is 19.9. The van der Waals surface area contributed by atoms with Gasteiger partial charge in [0.2, 0.25) is 6.61 Å². The molecule has 0 saturated carbocycles. The number of aromatic hydroxyl groups is 2. The van der Waals surface area contributed by atoms with E-state index in [-0.39, 0.29) is 24.3 Å². The van der Waals surface area contributed by atoms with Crippen LogP contribution in [0.5, 0.6) is 11.5 Å². The Kier molecular flexibility index (Phi) is 8.85. The zero-order valence-electron chi connectivity index (χ0n) is 18.8.